The molecule has 0 atom stereocenters. The van der Waals surface area contributed by atoms with E-state index in [2.05, 4.69) is 62.0 Å². The Labute approximate surface area is 193 Å². The molecule has 1 fully saturated rings. The predicted molar refractivity (Wildman–Crippen MR) is 129 cm³/mol. The Morgan fingerprint density at radius 3 is 2.70 bits per heavy atom. The number of aromatic nitrogens is 3. The number of hydrogen-bond donors (Lipinski definition) is 3. The molecule has 1 amide bonds. The number of nitrogens with zero attached hydrogens (tertiary/aromatic N) is 3. The summed E-state index contributed by atoms with van der Waals surface area (Å²) in [5.74, 6) is 0.369. The van der Waals surface area contributed by atoms with Crippen molar-refractivity contribution in [3.8, 4) is 0 Å². The van der Waals surface area contributed by atoms with Crippen molar-refractivity contribution in [2.45, 2.75) is 45.1 Å². The highest BCUT2D eigenvalue weighted by atomic mass is 16.2. The monoisotopic (exact) mass is 440 g/mol. The molecule has 2 aliphatic rings. The minimum absolute atomic E-state index is 0.200. The molecule has 7 heteroatoms. The number of hydrogen-bond acceptors (Lipinski definition) is 5. The fourth-order valence-corrected chi connectivity index (χ4v) is 4.46. The number of benzene rings is 1. The maximum absolute atomic E-state index is 12.6. The van der Waals surface area contributed by atoms with Crippen molar-refractivity contribution in [2.24, 2.45) is 5.10 Å². The topological polar surface area (TPSA) is 95.1 Å². The maximum atomic E-state index is 12.6. The summed E-state index contributed by atoms with van der Waals surface area (Å²) in [7, 11) is 0. The summed E-state index contributed by atoms with van der Waals surface area (Å²) in [6.07, 6.45) is 11.3. The van der Waals surface area contributed by atoms with E-state index in [1.807, 2.05) is 12.1 Å². The first-order valence-corrected chi connectivity index (χ1v) is 11.5. The van der Waals surface area contributed by atoms with Crippen LogP contribution in [0.15, 0.2) is 59.7 Å². The van der Waals surface area contributed by atoms with Crippen LogP contribution >= 0.6 is 0 Å². The molecule has 1 aromatic carbocycles. The second-order valence-corrected chi connectivity index (χ2v) is 8.68. The number of H-pyrrole nitrogens is 1. The fraction of sp³-hybridized carbons (Fsp3) is 0.308. The lowest BCUT2D eigenvalue weighted by Crippen LogP contribution is -2.15. The first-order valence-electron chi connectivity index (χ1n) is 11.5. The lowest BCUT2D eigenvalue weighted by atomic mass is 9.97. The lowest BCUT2D eigenvalue weighted by molar-refractivity contribution is -0.116. The Morgan fingerprint density at radius 2 is 1.94 bits per heavy atom. The Bertz CT molecular complexity index is 1190. The number of carbonyl (C=O) groups excluding carboxylic acids is 1. The number of amides is 1. The van der Waals surface area contributed by atoms with E-state index in [0.29, 0.717) is 17.2 Å². The quantitative estimate of drug-likeness (QED) is 0.350. The van der Waals surface area contributed by atoms with Gasteiger partial charge in [0, 0.05) is 35.9 Å². The van der Waals surface area contributed by atoms with Crippen molar-refractivity contribution in [1.82, 2.24) is 25.7 Å². The fourth-order valence-electron chi connectivity index (χ4n) is 4.46. The maximum Gasteiger partial charge on any atom is 0.273 e. The van der Waals surface area contributed by atoms with Crippen LogP contribution in [0.2, 0.25) is 0 Å². The number of aromatic amines is 1. The smallest absolute Gasteiger partial charge is 0.273 e. The molecule has 0 spiro atoms. The van der Waals surface area contributed by atoms with Gasteiger partial charge in [-0.05, 0) is 67.8 Å². The van der Waals surface area contributed by atoms with Crippen LogP contribution in [-0.2, 0) is 17.8 Å². The zero-order chi connectivity index (χ0) is 22.6. The predicted octanol–water partition coefficient (Wildman–Crippen LogP) is 3.63. The first-order chi connectivity index (χ1) is 16.2. The van der Waals surface area contributed by atoms with Gasteiger partial charge in [-0.15, -0.1) is 0 Å². The molecule has 168 valence electrons. The molecule has 5 rings (SSSR count). The summed E-state index contributed by atoms with van der Waals surface area (Å²) >= 11 is 0. The average molecular weight is 441 g/mol. The number of nitrogens with one attached hydrogen (secondary N) is 3. The summed E-state index contributed by atoms with van der Waals surface area (Å²) in [4.78, 5) is 24.2. The Morgan fingerprint density at radius 1 is 1.15 bits per heavy atom. The molecule has 0 bridgehead atoms. The number of hydrazone groups is 1. The third-order valence-corrected chi connectivity index (χ3v) is 6.22. The molecular formula is C26H28N6O. The van der Waals surface area contributed by atoms with E-state index >= 15 is 0 Å². The van der Waals surface area contributed by atoms with Crippen LogP contribution in [0, 0.1) is 6.92 Å². The minimum Gasteiger partial charge on any atom is -0.359 e. The number of rotatable bonds is 9. The van der Waals surface area contributed by atoms with E-state index < -0.39 is 0 Å². The van der Waals surface area contributed by atoms with Gasteiger partial charge in [0.25, 0.3) is 5.91 Å². The third-order valence-electron chi connectivity index (χ3n) is 6.22. The molecule has 2 aromatic heterocycles. The van der Waals surface area contributed by atoms with Crippen molar-refractivity contribution in [2.75, 3.05) is 6.54 Å². The van der Waals surface area contributed by atoms with Crippen molar-refractivity contribution in [3.63, 3.8) is 0 Å². The van der Waals surface area contributed by atoms with E-state index in [1.165, 1.54) is 41.6 Å². The van der Waals surface area contributed by atoms with Crippen molar-refractivity contribution in [3.05, 3.63) is 88.3 Å². The Hall–Kier alpha value is -3.58. The van der Waals surface area contributed by atoms with Gasteiger partial charge in [-0.1, -0.05) is 30.3 Å². The number of aryl methyl sites for hydroxylation is 1. The van der Waals surface area contributed by atoms with Crippen LogP contribution in [0.25, 0.3) is 6.08 Å². The molecule has 7 nitrogen and oxygen atoms in total. The summed E-state index contributed by atoms with van der Waals surface area (Å²) in [6, 6.07) is 10.5. The van der Waals surface area contributed by atoms with Crippen LogP contribution in [0.4, 0.5) is 0 Å². The molecule has 1 aliphatic heterocycles. The molecule has 33 heavy (non-hydrogen) atoms. The van der Waals surface area contributed by atoms with Crippen LogP contribution in [0.3, 0.4) is 0 Å². The van der Waals surface area contributed by atoms with Gasteiger partial charge in [0.2, 0.25) is 0 Å². The van der Waals surface area contributed by atoms with E-state index in [-0.39, 0.29) is 5.91 Å². The SMILES string of the molecule is Cc1[nH]c(/C=C2/C(=O)NN=C2c2cncnc2)c(C2CC2)c1CCCNCc1ccccc1. The van der Waals surface area contributed by atoms with E-state index in [1.54, 1.807) is 12.4 Å². The largest absolute Gasteiger partial charge is 0.359 e. The Balaban J connectivity index is 1.32. The Kier molecular flexibility index (Phi) is 6.13. The minimum atomic E-state index is -0.200. The van der Waals surface area contributed by atoms with Gasteiger partial charge in [-0.2, -0.15) is 5.10 Å². The van der Waals surface area contributed by atoms with Crippen molar-refractivity contribution >= 4 is 17.7 Å². The zero-order valence-corrected chi connectivity index (χ0v) is 18.8. The molecule has 0 saturated heterocycles. The molecule has 3 heterocycles. The molecule has 3 N–H and O–H groups in total. The van der Waals surface area contributed by atoms with Crippen molar-refractivity contribution in [1.29, 1.82) is 0 Å². The zero-order valence-electron chi connectivity index (χ0n) is 18.8. The van der Waals surface area contributed by atoms with Gasteiger partial charge in [0.05, 0.1) is 5.57 Å². The molecule has 0 unspecified atom stereocenters. The van der Waals surface area contributed by atoms with Gasteiger partial charge in [-0.25, -0.2) is 15.4 Å². The summed E-state index contributed by atoms with van der Waals surface area (Å²) in [5.41, 5.74) is 10.7. The number of carbonyl (C=O) groups is 1. The first kappa shape index (κ1) is 21.3. The highest BCUT2D eigenvalue weighted by molar-refractivity contribution is 6.33. The van der Waals surface area contributed by atoms with E-state index in [4.69, 9.17) is 0 Å². The van der Waals surface area contributed by atoms with Crippen LogP contribution < -0.4 is 10.7 Å². The standard InChI is InChI=1S/C26H28N6O/c1-17-21(8-5-11-27-13-18-6-3-2-4-7-18)24(19-9-10-19)23(30-17)12-22-25(31-32-26(22)33)20-14-28-16-29-15-20/h2-4,6-7,12,14-16,19,27,30H,5,8-11,13H2,1H3,(H,32,33)/b22-12+. The third kappa shape index (κ3) is 4.78. The van der Waals surface area contributed by atoms with Gasteiger partial charge >= 0.3 is 0 Å². The second-order valence-electron chi connectivity index (χ2n) is 8.68. The van der Waals surface area contributed by atoms with Gasteiger partial charge in [0.15, 0.2) is 0 Å². The lowest BCUT2D eigenvalue weighted by Gasteiger charge is -2.08. The molecule has 1 saturated carbocycles. The molecule has 0 radical (unpaired) electrons. The second kappa shape index (κ2) is 9.50. The molecular weight excluding hydrogens is 412 g/mol. The normalized spacial score (nSPS) is 16.8. The van der Waals surface area contributed by atoms with Gasteiger partial charge in [0.1, 0.15) is 12.0 Å². The molecule has 1 aliphatic carbocycles. The van der Waals surface area contributed by atoms with Crippen LogP contribution in [-0.4, -0.2) is 33.1 Å². The highest BCUT2D eigenvalue weighted by Crippen LogP contribution is 2.45. The molecule has 3 aromatic rings. The highest BCUT2D eigenvalue weighted by Gasteiger charge is 2.32. The van der Waals surface area contributed by atoms with Crippen LogP contribution in [0.1, 0.15) is 58.8 Å². The summed E-state index contributed by atoms with van der Waals surface area (Å²) in [5, 5.41) is 7.77. The summed E-state index contributed by atoms with van der Waals surface area (Å²) in [6.45, 7) is 3.99. The summed E-state index contributed by atoms with van der Waals surface area (Å²) < 4.78 is 0. The van der Waals surface area contributed by atoms with E-state index in [9.17, 15) is 4.79 Å². The van der Waals surface area contributed by atoms with Gasteiger partial charge < -0.3 is 10.3 Å². The van der Waals surface area contributed by atoms with Gasteiger partial charge in [-0.3, -0.25) is 4.79 Å². The average Bonchev–Trinajstić information content (AvgIpc) is 3.55. The van der Waals surface area contributed by atoms with E-state index in [0.717, 1.165) is 37.2 Å². The van der Waals surface area contributed by atoms with Crippen LogP contribution in [0.5, 0.6) is 0 Å². The van der Waals surface area contributed by atoms with Crippen molar-refractivity contribution < 1.29 is 4.79 Å².